The van der Waals surface area contributed by atoms with Gasteiger partial charge >= 0.3 is 5.97 Å². The molecule has 92 valence electrons. The van der Waals surface area contributed by atoms with Crippen molar-refractivity contribution in [3.8, 4) is 0 Å². The van der Waals surface area contributed by atoms with E-state index in [0.29, 0.717) is 11.1 Å². The SMILES string of the molecule is CC(=O)Cc1ccc(C(O)C(=O)O)c(CO)c1. The number of aliphatic hydroxyl groups is 2. The molecule has 0 amide bonds. The number of carboxylic acid groups (broad SMARTS) is 1. The zero-order valence-electron chi connectivity index (χ0n) is 9.38. The fraction of sp³-hybridized carbons (Fsp3) is 0.333. The number of ketones is 1. The minimum absolute atomic E-state index is 0.0274. The molecular weight excluding hydrogens is 224 g/mol. The Morgan fingerprint density at radius 1 is 1.35 bits per heavy atom. The van der Waals surface area contributed by atoms with Crippen molar-refractivity contribution in [1.29, 1.82) is 0 Å². The highest BCUT2D eigenvalue weighted by atomic mass is 16.4. The van der Waals surface area contributed by atoms with Gasteiger partial charge in [0.15, 0.2) is 6.10 Å². The van der Waals surface area contributed by atoms with Gasteiger partial charge in [-0.25, -0.2) is 4.79 Å². The first-order chi connectivity index (χ1) is 7.95. The van der Waals surface area contributed by atoms with Crippen molar-refractivity contribution in [3.05, 3.63) is 34.9 Å². The second-order valence-corrected chi connectivity index (χ2v) is 3.81. The zero-order chi connectivity index (χ0) is 13.0. The van der Waals surface area contributed by atoms with Crippen LogP contribution in [0.25, 0.3) is 0 Å². The molecule has 0 fully saturated rings. The van der Waals surface area contributed by atoms with E-state index in [4.69, 9.17) is 10.2 Å². The van der Waals surface area contributed by atoms with Crippen LogP contribution in [-0.2, 0) is 22.6 Å². The Morgan fingerprint density at radius 2 is 2.00 bits per heavy atom. The van der Waals surface area contributed by atoms with Gasteiger partial charge in [-0.2, -0.15) is 0 Å². The number of aliphatic hydroxyl groups excluding tert-OH is 2. The first kappa shape index (κ1) is 13.3. The molecule has 0 aromatic heterocycles. The highest BCUT2D eigenvalue weighted by Crippen LogP contribution is 2.20. The van der Waals surface area contributed by atoms with E-state index in [2.05, 4.69) is 0 Å². The molecule has 5 heteroatoms. The maximum absolute atomic E-state index is 10.9. The average Bonchev–Trinajstić information content (AvgIpc) is 2.27. The van der Waals surface area contributed by atoms with Gasteiger partial charge in [0.05, 0.1) is 6.61 Å². The molecule has 1 atom stereocenters. The van der Waals surface area contributed by atoms with Crippen molar-refractivity contribution >= 4 is 11.8 Å². The van der Waals surface area contributed by atoms with Gasteiger partial charge in [-0.3, -0.25) is 4.79 Å². The van der Waals surface area contributed by atoms with Crippen molar-refractivity contribution in [3.63, 3.8) is 0 Å². The third-order valence-corrected chi connectivity index (χ3v) is 2.36. The molecule has 0 saturated carbocycles. The summed E-state index contributed by atoms with van der Waals surface area (Å²) in [6, 6.07) is 4.52. The van der Waals surface area contributed by atoms with Crippen LogP contribution in [0.2, 0.25) is 0 Å². The molecule has 17 heavy (non-hydrogen) atoms. The van der Waals surface area contributed by atoms with Crippen molar-refractivity contribution in [2.45, 2.75) is 26.1 Å². The van der Waals surface area contributed by atoms with Gasteiger partial charge in [0.25, 0.3) is 0 Å². The van der Waals surface area contributed by atoms with E-state index >= 15 is 0 Å². The van der Waals surface area contributed by atoms with Crippen LogP contribution in [0.4, 0.5) is 0 Å². The topological polar surface area (TPSA) is 94.8 Å². The molecule has 0 aliphatic carbocycles. The first-order valence-corrected chi connectivity index (χ1v) is 5.08. The fourth-order valence-corrected chi connectivity index (χ4v) is 1.59. The Balaban J connectivity index is 3.09. The second kappa shape index (κ2) is 5.56. The maximum Gasteiger partial charge on any atom is 0.337 e. The summed E-state index contributed by atoms with van der Waals surface area (Å²) in [4.78, 5) is 21.6. The number of carboxylic acids is 1. The van der Waals surface area contributed by atoms with E-state index in [0.717, 1.165) is 0 Å². The number of hydrogen-bond acceptors (Lipinski definition) is 4. The molecule has 3 N–H and O–H groups in total. The standard InChI is InChI=1S/C12H14O5/c1-7(14)4-8-2-3-10(9(5-8)6-13)11(15)12(16)17/h2-3,5,11,13,15H,4,6H2,1H3,(H,16,17). The molecule has 0 saturated heterocycles. The van der Waals surface area contributed by atoms with E-state index < -0.39 is 12.1 Å². The van der Waals surface area contributed by atoms with E-state index in [1.807, 2.05) is 0 Å². The third kappa shape index (κ3) is 3.37. The molecule has 1 aromatic rings. The average molecular weight is 238 g/mol. The molecule has 1 rings (SSSR count). The maximum atomic E-state index is 10.9. The number of aliphatic carboxylic acids is 1. The third-order valence-electron chi connectivity index (χ3n) is 2.36. The molecule has 0 aliphatic rings. The number of rotatable bonds is 5. The van der Waals surface area contributed by atoms with Gasteiger partial charge in [-0.1, -0.05) is 18.2 Å². The Hall–Kier alpha value is -1.72. The van der Waals surface area contributed by atoms with Gasteiger partial charge in [-0.05, 0) is 23.6 Å². The predicted molar refractivity (Wildman–Crippen MR) is 59.3 cm³/mol. The van der Waals surface area contributed by atoms with Gasteiger partial charge in [0, 0.05) is 6.42 Å². The van der Waals surface area contributed by atoms with Crippen LogP contribution in [0.15, 0.2) is 18.2 Å². The monoisotopic (exact) mass is 238 g/mol. The number of hydrogen-bond donors (Lipinski definition) is 3. The highest BCUT2D eigenvalue weighted by molar-refractivity contribution is 5.78. The molecular formula is C12H14O5. The summed E-state index contributed by atoms with van der Waals surface area (Å²) in [6.45, 7) is 1.06. The molecule has 1 unspecified atom stereocenters. The fourth-order valence-electron chi connectivity index (χ4n) is 1.59. The molecule has 0 spiro atoms. The Bertz CT molecular complexity index is 439. The number of Topliss-reactive ketones (excluding diaryl/α,β-unsaturated/α-hetero) is 1. The molecule has 0 heterocycles. The van der Waals surface area contributed by atoms with Crippen LogP contribution < -0.4 is 0 Å². The van der Waals surface area contributed by atoms with E-state index in [9.17, 15) is 14.7 Å². The minimum Gasteiger partial charge on any atom is -0.479 e. The van der Waals surface area contributed by atoms with Gasteiger partial charge < -0.3 is 15.3 Å². The summed E-state index contributed by atoms with van der Waals surface area (Å²) >= 11 is 0. The zero-order valence-corrected chi connectivity index (χ0v) is 9.38. The van der Waals surface area contributed by atoms with Crippen LogP contribution in [0, 0.1) is 0 Å². The van der Waals surface area contributed by atoms with E-state index in [1.165, 1.54) is 19.1 Å². The summed E-state index contributed by atoms with van der Waals surface area (Å²) in [5, 5.41) is 27.2. The number of carbonyl (C=O) groups is 2. The summed E-state index contributed by atoms with van der Waals surface area (Å²) < 4.78 is 0. The molecule has 0 bridgehead atoms. The first-order valence-electron chi connectivity index (χ1n) is 5.08. The summed E-state index contributed by atoms with van der Waals surface area (Å²) in [7, 11) is 0. The Labute approximate surface area is 98.3 Å². The van der Waals surface area contributed by atoms with Crippen LogP contribution in [-0.4, -0.2) is 27.1 Å². The largest absolute Gasteiger partial charge is 0.479 e. The molecule has 0 radical (unpaired) electrons. The Morgan fingerprint density at radius 3 is 2.47 bits per heavy atom. The van der Waals surface area contributed by atoms with Crippen LogP contribution in [0.5, 0.6) is 0 Å². The lowest BCUT2D eigenvalue weighted by Gasteiger charge is -2.12. The molecule has 0 aliphatic heterocycles. The van der Waals surface area contributed by atoms with Crippen LogP contribution in [0.1, 0.15) is 29.7 Å². The van der Waals surface area contributed by atoms with Crippen molar-refractivity contribution < 1.29 is 24.9 Å². The smallest absolute Gasteiger partial charge is 0.337 e. The summed E-state index contributed by atoms with van der Waals surface area (Å²) in [5.41, 5.74) is 1.15. The van der Waals surface area contributed by atoms with Gasteiger partial charge in [0.2, 0.25) is 0 Å². The highest BCUT2D eigenvalue weighted by Gasteiger charge is 2.19. The summed E-state index contributed by atoms with van der Waals surface area (Å²) in [6.07, 6.45) is -1.44. The second-order valence-electron chi connectivity index (χ2n) is 3.81. The lowest BCUT2D eigenvalue weighted by molar-refractivity contribution is -0.147. The van der Waals surface area contributed by atoms with Crippen molar-refractivity contribution in [2.24, 2.45) is 0 Å². The van der Waals surface area contributed by atoms with Crippen molar-refractivity contribution in [1.82, 2.24) is 0 Å². The van der Waals surface area contributed by atoms with Crippen molar-refractivity contribution in [2.75, 3.05) is 0 Å². The summed E-state index contributed by atoms with van der Waals surface area (Å²) in [5.74, 6) is -1.40. The molecule has 5 nitrogen and oxygen atoms in total. The van der Waals surface area contributed by atoms with Gasteiger partial charge in [-0.15, -0.1) is 0 Å². The predicted octanol–water partition coefficient (Wildman–Crippen LogP) is 0.428. The lowest BCUT2D eigenvalue weighted by Crippen LogP contribution is -2.13. The van der Waals surface area contributed by atoms with Crippen LogP contribution in [0.3, 0.4) is 0 Å². The Kier molecular flexibility index (Phi) is 4.37. The lowest BCUT2D eigenvalue weighted by atomic mass is 9.98. The van der Waals surface area contributed by atoms with Gasteiger partial charge in [0.1, 0.15) is 5.78 Å². The van der Waals surface area contributed by atoms with Crippen LogP contribution >= 0.6 is 0 Å². The van der Waals surface area contributed by atoms with E-state index in [1.54, 1.807) is 6.07 Å². The normalized spacial score (nSPS) is 12.2. The minimum atomic E-state index is -1.66. The van der Waals surface area contributed by atoms with E-state index in [-0.39, 0.29) is 24.4 Å². The quantitative estimate of drug-likeness (QED) is 0.691. The number of benzene rings is 1. The number of carbonyl (C=O) groups excluding carboxylic acids is 1. The molecule has 1 aromatic carbocycles.